The van der Waals surface area contributed by atoms with Crippen LogP contribution in [0.2, 0.25) is 0 Å². The maximum Gasteiger partial charge on any atom is 0.162 e. The number of benzene rings is 1. The first-order valence-corrected chi connectivity index (χ1v) is 8.59. The maximum absolute atomic E-state index is 13.7. The highest BCUT2D eigenvalue weighted by Gasteiger charge is 2.24. The average molecular weight is 292 g/mol. The minimum absolute atomic E-state index is 0.604. The van der Waals surface area contributed by atoms with Gasteiger partial charge in [-0.05, 0) is 60.6 Å². The minimum atomic E-state index is -0.691. The Bertz CT molecular complexity index is 487. The molecule has 1 aromatic rings. The lowest BCUT2D eigenvalue weighted by Crippen LogP contribution is -2.18. The van der Waals surface area contributed by atoms with Crippen LogP contribution in [-0.4, -0.2) is 0 Å². The van der Waals surface area contributed by atoms with Gasteiger partial charge in [0.2, 0.25) is 0 Å². The van der Waals surface area contributed by atoms with Gasteiger partial charge in [-0.15, -0.1) is 0 Å². The van der Waals surface area contributed by atoms with Gasteiger partial charge in [0.05, 0.1) is 0 Å². The highest BCUT2D eigenvalue weighted by molar-refractivity contribution is 5.32. The highest BCUT2D eigenvalue weighted by Crippen LogP contribution is 2.35. The van der Waals surface area contributed by atoms with Crippen LogP contribution in [0, 0.1) is 29.4 Å². The van der Waals surface area contributed by atoms with E-state index in [0.717, 1.165) is 30.2 Å². The molecule has 0 bridgehead atoms. The molecule has 1 unspecified atom stereocenters. The van der Waals surface area contributed by atoms with Crippen molar-refractivity contribution in [3.05, 3.63) is 34.9 Å². The summed E-state index contributed by atoms with van der Waals surface area (Å²) in [5, 5.41) is 0. The molecule has 0 heterocycles. The number of hydrogen-bond acceptors (Lipinski definition) is 0. The van der Waals surface area contributed by atoms with Crippen molar-refractivity contribution in [2.24, 2.45) is 17.8 Å². The van der Waals surface area contributed by atoms with Gasteiger partial charge in [-0.2, -0.15) is 0 Å². The smallest absolute Gasteiger partial charge is 0.162 e. The zero-order valence-electron chi connectivity index (χ0n) is 13.0. The molecule has 1 aromatic carbocycles. The van der Waals surface area contributed by atoms with E-state index in [0.29, 0.717) is 17.9 Å². The van der Waals surface area contributed by atoms with Crippen LogP contribution in [0.1, 0.15) is 63.0 Å². The van der Waals surface area contributed by atoms with Crippen molar-refractivity contribution in [2.45, 2.75) is 64.7 Å². The van der Waals surface area contributed by atoms with E-state index in [9.17, 15) is 8.78 Å². The van der Waals surface area contributed by atoms with E-state index in [2.05, 4.69) is 6.92 Å². The second-order valence-corrected chi connectivity index (χ2v) is 7.31. The number of halogens is 2. The molecular formula is C19H26F2. The standard InChI is InChI=1S/C19H26F2/c1-13-2-4-14(5-3-13)6-7-15-8-10-17-16(12-15)9-11-18(20)19(17)21/h9,11,13-15H,2-8,10,12H2,1H3. The second kappa shape index (κ2) is 6.46. The van der Waals surface area contributed by atoms with E-state index in [4.69, 9.17) is 0 Å². The van der Waals surface area contributed by atoms with Crippen LogP contribution in [0.4, 0.5) is 8.78 Å². The monoisotopic (exact) mass is 292 g/mol. The normalized spacial score (nSPS) is 29.2. The quantitative estimate of drug-likeness (QED) is 0.672. The molecule has 116 valence electrons. The summed E-state index contributed by atoms with van der Waals surface area (Å²) in [6, 6.07) is 3.08. The van der Waals surface area contributed by atoms with Gasteiger partial charge < -0.3 is 0 Å². The summed E-state index contributed by atoms with van der Waals surface area (Å²) in [5.74, 6) is 1.20. The summed E-state index contributed by atoms with van der Waals surface area (Å²) < 4.78 is 27.0. The third-order valence-electron chi connectivity index (χ3n) is 5.72. The Balaban J connectivity index is 1.53. The summed E-state index contributed by atoms with van der Waals surface area (Å²) in [6.45, 7) is 2.36. The second-order valence-electron chi connectivity index (χ2n) is 7.31. The molecule has 0 spiro atoms. The minimum Gasteiger partial charge on any atom is -0.204 e. The Morgan fingerprint density at radius 2 is 1.67 bits per heavy atom. The topological polar surface area (TPSA) is 0 Å². The predicted molar refractivity (Wildman–Crippen MR) is 82.2 cm³/mol. The van der Waals surface area contributed by atoms with Crippen molar-refractivity contribution in [1.82, 2.24) is 0 Å². The lowest BCUT2D eigenvalue weighted by atomic mass is 9.76. The van der Waals surface area contributed by atoms with Crippen molar-refractivity contribution in [1.29, 1.82) is 0 Å². The van der Waals surface area contributed by atoms with Crippen LogP contribution in [-0.2, 0) is 12.8 Å². The summed E-state index contributed by atoms with van der Waals surface area (Å²) in [6.07, 6.45) is 10.8. The lowest BCUT2D eigenvalue weighted by molar-refractivity contribution is 0.255. The summed E-state index contributed by atoms with van der Waals surface area (Å²) in [4.78, 5) is 0. The SMILES string of the molecule is CC1CCC(CCC2CCc3c(ccc(F)c3F)C2)CC1. The van der Waals surface area contributed by atoms with Crippen LogP contribution in [0.3, 0.4) is 0 Å². The molecule has 0 aliphatic heterocycles. The van der Waals surface area contributed by atoms with Crippen LogP contribution >= 0.6 is 0 Å². The van der Waals surface area contributed by atoms with Crippen LogP contribution in [0.15, 0.2) is 12.1 Å². The van der Waals surface area contributed by atoms with E-state index in [1.54, 1.807) is 6.07 Å². The molecular weight excluding hydrogens is 266 g/mol. The van der Waals surface area contributed by atoms with Crippen LogP contribution < -0.4 is 0 Å². The molecule has 1 saturated carbocycles. The number of hydrogen-bond donors (Lipinski definition) is 0. The van der Waals surface area contributed by atoms with E-state index in [-0.39, 0.29) is 0 Å². The third kappa shape index (κ3) is 3.46. The molecule has 2 aliphatic rings. The first-order chi connectivity index (χ1) is 10.1. The molecule has 1 atom stereocenters. The molecule has 0 nitrogen and oxygen atoms in total. The van der Waals surface area contributed by atoms with Crippen LogP contribution in [0.5, 0.6) is 0 Å². The fourth-order valence-electron chi connectivity index (χ4n) is 4.19. The molecule has 0 saturated heterocycles. The van der Waals surface area contributed by atoms with Crippen molar-refractivity contribution in [2.75, 3.05) is 0 Å². The van der Waals surface area contributed by atoms with Crippen molar-refractivity contribution in [3.63, 3.8) is 0 Å². The Kier molecular flexibility index (Phi) is 4.61. The van der Waals surface area contributed by atoms with Gasteiger partial charge in [0.15, 0.2) is 11.6 Å². The van der Waals surface area contributed by atoms with Crippen LogP contribution in [0.25, 0.3) is 0 Å². The van der Waals surface area contributed by atoms with E-state index in [1.807, 2.05) is 0 Å². The maximum atomic E-state index is 13.7. The van der Waals surface area contributed by atoms with E-state index in [1.165, 1.54) is 44.6 Å². The van der Waals surface area contributed by atoms with Crippen molar-refractivity contribution >= 4 is 0 Å². The first-order valence-electron chi connectivity index (χ1n) is 8.59. The Hall–Kier alpha value is -0.920. The van der Waals surface area contributed by atoms with Gasteiger partial charge in [-0.3, -0.25) is 0 Å². The van der Waals surface area contributed by atoms with Gasteiger partial charge in [0.25, 0.3) is 0 Å². The number of fused-ring (bicyclic) bond motifs is 1. The molecule has 21 heavy (non-hydrogen) atoms. The Morgan fingerprint density at radius 3 is 2.43 bits per heavy atom. The molecule has 2 heteroatoms. The van der Waals surface area contributed by atoms with E-state index >= 15 is 0 Å². The first kappa shape index (κ1) is 15.0. The molecule has 1 fully saturated rings. The summed E-state index contributed by atoms with van der Waals surface area (Å²) >= 11 is 0. The molecule has 2 aliphatic carbocycles. The molecule has 0 aromatic heterocycles. The van der Waals surface area contributed by atoms with Gasteiger partial charge in [0.1, 0.15) is 0 Å². The average Bonchev–Trinajstić information content (AvgIpc) is 2.50. The molecule has 0 N–H and O–H groups in total. The van der Waals surface area contributed by atoms with Crippen molar-refractivity contribution in [3.8, 4) is 0 Å². The van der Waals surface area contributed by atoms with Gasteiger partial charge in [-0.25, -0.2) is 8.78 Å². The Morgan fingerprint density at radius 1 is 0.952 bits per heavy atom. The predicted octanol–water partition coefficient (Wildman–Crippen LogP) is 5.68. The zero-order chi connectivity index (χ0) is 14.8. The number of rotatable bonds is 3. The fourth-order valence-corrected chi connectivity index (χ4v) is 4.19. The van der Waals surface area contributed by atoms with Gasteiger partial charge in [0, 0.05) is 0 Å². The highest BCUT2D eigenvalue weighted by atomic mass is 19.2. The van der Waals surface area contributed by atoms with Crippen molar-refractivity contribution < 1.29 is 8.78 Å². The molecule has 0 radical (unpaired) electrons. The van der Waals surface area contributed by atoms with E-state index < -0.39 is 11.6 Å². The summed E-state index contributed by atoms with van der Waals surface area (Å²) in [7, 11) is 0. The molecule has 3 rings (SSSR count). The summed E-state index contributed by atoms with van der Waals surface area (Å²) in [5.41, 5.74) is 1.68. The Labute approximate surface area is 126 Å². The zero-order valence-corrected chi connectivity index (χ0v) is 13.0. The molecule has 0 amide bonds. The third-order valence-corrected chi connectivity index (χ3v) is 5.72. The van der Waals surface area contributed by atoms with Gasteiger partial charge >= 0.3 is 0 Å². The fraction of sp³-hybridized carbons (Fsp3) is 0.684. The van der Waals surface area contributed by atoms with Gasteiger partial charge in [-0.1, -0.05) is 45.1 Å². The largest absolute Gasteiger partial charge is 0.204 e. The lowest BCUT2D eigenvalue weighted by Gasteiger charge is -2.29.